The van der Waals surface area contributed by atoms with E-state index in [2.05, 4.69) is 31.9 Å². The van der Waals surface area contributed by atoms with Crippen LogP contribution in [0.4, 0.5) is 8.78 Å². The highest BCUT2D eigenvalue weighted by molar-refractivity contribution is 9.11. The van der Waals surface area contributed by atoms with Crippen molar-refractivity contribution in [2.75, 3.05) is 13.2 Å². The summed E-state index contributed by atoms with van der Waals surface area (Å²) in [5.74, 6) is 0.390. The van der Waals surface area contributed by atoms with Crippen LogP contribution in [0.2, 0.25) is 0 Å². The van der Waals surface area contributed by atoms with Gasteiger partial charge in [0.05, 0.1) is 8.95 Å². The minimum atomic E-state index is -2.48. The fourth-order valence-electron chi connectivity index (χ4n) is 1.21. The molecule has 16 heavy (non-hydrogen) atoms. The molecule has 6 heteroatoms. The first kappa shape index (κ1) is 13.9. The van der Waals surface area contributed by atoms with E-state index in [4.69, 9.17) is 10.5 Å². The highest BCUT2D eigenvalue weighted by Gasteiger charge is 2.11. The molecule has 0 atom stereocenters. The molecule has 0 aliphatic rings. The summed E-state index contributed by atoms with van der Waals surface area (Å²) in [6.45, 7) is -0.0798. The Kier molecular flexibility index (Phi) is 5.64. The Morgan fingerprint density at radius 2 is 1.81 bits per heavy atom. The van der Waals surface area contributed by atoms with Crippen LogP contribution in [0, 0.1) is 0 Å². The molecular weight excluding hydrogens is 348 g/mol. The van der Waals surface area contributed by atoms with Gasteiger partial charge in [0.2, 0.25) is 0 Å². The molecule has 0 aliphatic carbocycles. The average Bonchev–Trinajstić information content (AvgIpc) is 2.16. The van der Waals surface area contributed by atoms with Gasteiger partial charge in [-0.25, -0.2) is 8.78 Å². The molecule has 2 N–H and O–H groups in total. The highest BCUT2D eigenvalue weighted by atomic mass is 79.9. The zero-order chi connectivity index (χ0) is 12.1. The lowest BCUT2D eigenvalue weighted by molar-refractivity contribution is 0.0811. The van der Waals surface area contributed by atoms with Crippen LogP contribution in [-0.2, 0) is 6.42 Å². The van der Waals surface area contributed by atoms with Gasteiger partial charge in [-0.15, -0.1) is 0 Å². The van der Waals surface area contributed by atoms with Crippen LogP contribution in [0.15, 0.2) is 21.1 Å². The van der Waals surface area contributed by atoms with Crippen molar-refractivity contribution < 1.29 is 13.5 Å². The van der Waals surface area contributed by atoms with Crippen LogP contribution in [0.3, 0.4) is 0 Å². The van der Waals surface area contributed by atoms with Gasteiger partial charge in [-0.3, -0.25) is 0 Å². The number of hydrogen-bond donors (Lipinski definition) is 1. The summed E-state index contributed by atoms with van der Waals surface area (Å²) < 4.78 is 30.3. The van der Waals surface area contributed by atoms with Crippen LogP contribution in [0.1, 0.15) is 5.56 Å². The van der Waals surface area contributed by atoms with E-state index in [0.29, 0.717) is 21.2 Å². The van der Waals surface area contributed by atoms with Gasteiger partial charge < -0.3 is 10.5 Å². The number of alkyl halides is 2. The highest BCUT2D eigenvalue weighted by Crippen LogP contribution is 2.35. The molecule has 2 nitrogen and oxygen atoms in total. The van der Waals surface area contributed by atoms with E-state index in [0.717, 1.165) is 12.0 Å². The standard InChI is InChI=1S/C10H11Br2F2NO/c11-7-3-6(1-2-15)4-8(12)10(7)16-5-9(13)14/h3-4,9H,1-2,5,15H2. The van der Waals surface area contributed by atoms with Crippen LogP contribution in [-0.4, -0.2) is 19.6 Å². The molecule has 0 saturated carbocycles. The summed E-state index contributed by atoms with van der Waals surface area (Å²) >= 11 is 6.55. The molecule has 0 bridgehead atoms. The maximum Gasteiger partial charge on any atom is 0.272 e. The Morgan fingerprint density at radius 3 is 2.25 bits per heavy atom. The zero-order valence-corrected chi connectivity index (χ0v) is 11.5. The van der Waals surface area contributed by atoms with Crippen molar-refractivity contribution in [1.29, 1.82) is 0 Å². The van der Waals surface area contributed by atoms with Gasteiger partial charge in [-0.1, -0.05) is 0 Å². The molecule has 90 valence electrons. The van der Waals surface area contributed by atoms with Gasteiger partial charge in [0.1, 0.15) is 12.4 Å². The van der Waals surface area contributed by atoms with E-state index in [9.17, 15) is 8.78 Å². The molecule has 0 aliphatic heterocycles. The fraction of sp³-hybridized carbons (Fsp3) is 0.400. The number of hydrogen-bond acceptors (Lipinski definition) is 2. The number of nitrogens with two attached hydrogens (primary N) is 1. The lowest BCUT2D eigenvalue weighted by atomic mass is 10.1. The maximum absolute atomic E-state index is 12.0. The molecule has 0 saturated heterocycles. The summed E-state index contributed by atoms with van der Waals surface area (Å²) in [5.41, 5.74) is 6.46. The molecule has 1 rings (SSSR count). The van der Waals surface area contributed by atoms with E-state index in [-0.39, 0.29) is 0 Å². The fourth-order valence-corrected chi connectivity index (χ4v) is 2.72. The molecule has 0 aromatic heterocycles. The van der Waals surface area contributed by atoms with Crippen LogP contribution < -0.4 is 10.5 Å². The minimum absolute atomic E-state index is 0.390. The predicted octanol–water partition coefficient (Wildman–Crippen LogP) is 3.36. The molecule has 1 aromatic rings. The van der Waals surface area contributed by atoms with Gasteiger partial charge in [-0.2, -0.15) is 0 Å². The summed E-state index contributed by atoms with van der Waals surface area (Å²) in [5, 5.41) is 0. The lowest BCUT2D eigenvalue weighted by Gasteiger charge is -2.11. The van der Waals surface area contributed by atoms with Gasteiger partial charge in [0, 0.05) is 0 Å². The van der Waals surface area contributed by atoms with Crippen molar-refractivity contribution in [1.82, 2.24) is 0 Å². The monoisotopic (exact) mass is 357 g/mol. The Balaban J connectivity index is 2.85. The number of benzene rings is 1. The van der Waals surface area contributed by atoms with Gasteiger partial charge in [0.25, 0.3) is 6.43 Å². The normalized spacial score (nSPS) is 10.9. The zero-order valence-electron chi connectivity index (χ0n) is 8.35. The van der Waals surface area contributed by atoms with E-state index in [1.807, 2.05) is 12.1 Å². The third-order valence-corrected chi connectivity index (χ3v) is 3.02. The third kappa shape index (κ3) is 3.99. The van der Waals surface area contributed by atoms with Crippen molar-refractivity contribution in [3.8, 4) is 5.75 Å². The van der Waals surface area contributed by atoms with E-state index in [1.165, 1.54) is 0 Å². The Labute approximate surface area is 109 Å². The van der Waals surface area contributed by atoms with Crippen LogP contribution >= 0.6 is 31.9 Å². The molecule has 0 amide bonds. The summed E-state index contributed by atoms with van der Waals surface area (Å²) in [7, 11) is 0. The molecule has 1 aromatic carbocycles. The Hall–Kier alpha value is -0.200. The first-order chi connectivity index (χ1) is 7.54. The lowest BCUT2D eigenvalue weighted by Crippen LogP contribution is -2.08. The SMILES string of the molecule is NCCc1cc(Br)c(OCC(F)F)c(Br)c1. The second kappa shape index (κ2) is 6.51. The molecular formula is C10H11Br2F2NO. The average molecular weight is 359 g/mol. The molecule has 0 radical (unpaired) electrons. The van der Waals surface area contributed by atoms with E-state index < -0.39 is 13.0 Å². The topological polar surface area (TPSA) is 35.2 Å². The second-order valence-electron chi connectivity index (χ2n) is 3.13. The second-order valence-corrected chi connectivity index (χ2v) is 4.84. The van der Waals surface area contributed by atoms with Crippen molar-refractivity contribution >= 4 is 31.9 Å². The largest absolute Gasteiger partial charge is 0.485 e. The van der Waals surface area contributed by atoms with Crippen LogP contribution in [0.5, 0.6) is 5.75 Å². The maximum atomic E-state index is 12.0. The molecule has 0 spiro atoms. The van der Waals surface area contributed by atoms with Crippen molar-refractivity contribution in [3.05, 3.63) is 26.6 Å². The smallest absolute Gasteiger partial charge is 0.272 e. The van der Waals surface area contributed by atoms with Gasteiger partial charge >= 0.3 is 0 Å². The Morgan fingerprint density at radius 1 is 1.25 bits per heavy atom. The third-order valence-electron chi connectivity index (χ3n) is 1.84. The van der Waals surface area contributed by atoms with Crippen molar-refractivity contribution in [3.63, 3.8) is 0 Å². The van der Waals surface area contributed by atoms with Gasteiger partial charge in [-0.05, 0) is 62.5 Å². The quantitative estimate of drug-likeness (QED) is 0.875. The number of rotatable bonds is 5. The summed E-state index contributed by atoms with van der Waals surface area (Å²) in [6.07, 6.45) is -1.76. The first-order valence-corrected chi connectivity index (χ1v) is 6.22. The van der Waals surface area contributed by atoms with Crippen molar-refractivity contribution in [2.24, 2.45) is 5.73 Å². The van der Waals surface area contributed by atoms with E-state index >= 15 is 0 Å². The number of halogens is 4. The van der Waals surface area contributed by atoms with E-state index in [1.54, 1.807) is 0 Å². The number of ether oxygens (including phenoxy) is 1. The van der Waals surface area contributed by atoms with Crippen molar-refractivity contribution in [2.45, 2.75) is 12.8 Å². The molecule has 0 unspecified atom stereocenters. The minimum Gasteiger partial charge on any atom is -0.485 e. The summed E-state index contributed by atoms with van der Waals surface area (Å²) in [6, 6.07) is 3.64. The molecule has 0 fully saturated rings. The molecule has 0 heterocycles. The van der Waals surface area contributed by atoms with Crippen LogP contribution in [0.25, 0.3) is 0 Å². The predicted molar refractivity (Wildman–Crippen MR) is 66.1 cm³/mol. The van der Waals surface area contributed by atoms with Gasteiger partial charge in [0.15, 0.2) is 0 Å². The summed E-state index contributed by atoms with van der Waals surface area (Å²) in [4.78, 5) is 0. The first-order valence-electron chi connectivity index (χ1n) is 4.63. The Bertz CT molecular complexity index is 338.